The third-order valence-electron chi connectivity index (χ3n) is 4.78. The van der Waals surface area contributed by atoms with E-state index in [0.29, 0.717) is 17.5 Å². The van der Waals surface area contributed by atoms with Crippen LogP contribution in [0, 0.1) is 11.8 Å². The van der Waals surface area contributed by atoms with Gasteiger partial charge in [0.2, 0.25) is 15.9 Å². The molecule has 1 fully saturated rings. The first kappa shape index (κ1) is 21.2. The number of sulfonamides is 1. The lowest BCUT2D eigenvalue weighted by molar-refractivity contribution is -0.121. The highest BCUT2D eigenvalue weighted by Crippen LogP contribution is 2.27. The lowest BCUT2D eigenvalue weighted by Crippen LogP contribution is -2.48. The number of hydrogen-bond acceptors (Lipinski definition) is 4. The van der Waals surface area contributed by atoms with E-state index >= 15 is 0 Å². The van der Waals surface area contributed by atoms with Crippen molar-refractivity contribution in [1.82, 2.24) is 9.21 Å². The first-order chi connectivity index (χ1) is 12.0. The summed E-state index contributed by atoms with van der Waals surface area (Å²) in [6, 6.07) is 4.22. The molecule has 1 N–H and O–H groups in total. The molecule has 1 aromatic rings. The van der Waals surface area contributed by atoms with E-state index in [1.165, 1.54) is 32.6 Å². The first-order valence-electron chi connectivity index (χ1n) is 8.79. The number of carbonyl (C=O) groups is 1. The molecule has 0 aliphatic carbocycles. The molecule has 1 amide bonds. The molecule has 0 aromatic heterocycles. The lowest BCUT2D eigenvalue weighted by Gasteiger charge is -2.38. The Kier molecular flexibility index (Phi) is 6.71. The molecule has 26 heavy (non-hydrogen) atoms. The van der Waals surface area contributed by atoms with Crippen molar-refractivity contribution in [2.75, 3.05) is 32.5 Å². The monoisotopic (exact) mass is 401 g/mol. The zero-order chi connectivity index (χ0) is 19.6. The summed E-state index contributed by atoms with van der Waals surface area (Å²) in [6.45, 7) is 8.06. The van der Waals surface area contributed by atoms with Gasteiger partial charge in [0.15, 0.2) is 0 Å². The molecule has 0 spiro atoms. The number of likely N-dealkylation sites (tertiary alicyclic amines) is 1. The number of anilines is 1. The van der Waals surface area contributed by atoms with Gasteiger partial charge in [-0.05, 0) is 43.4 Å². The Morgan fingerprint density at radius 3 is 2.38 bits per heavy atom. The average molecular weight is 402 g/mol. The molecule has 0 unspecified atom stereocenters. The topological polar surface area (TPSA) is 69.7 Å². The Labute approximate surface area is 161 Å². The first-order valence-corrected chi connectivity index (χ1v) is 10.6. The van der Waals surface area contributed by atoms with Crippen LogP contribution in [-0.4, -0.2) is 56.8 Å². The number of amides is 1. The van der Waals surface area contributed by atoms with Gasteiger partial charge in [-0.2, -0.15) is 0 Å². The van der Waals surface area contributed by atoms with Crippen molar-refractivity contribution in [3.05, 3.63) is 23.2 Å². The number of rotatable bonds is 5. The van der Waals surface area contributed by atoms with Crippen LogP contribution in [0.15, 0.2) is 23.1 Å². The Bertz CT molecular complexity index is 757. The Hall–Kier alpha value is -1.15. The maximum absolute atomic E-state index is 12.7. The number of carbonyl (C=O) groups excluding carboxylic acids is 1. The molecular formula is C18H28ClN3O3S. The molecule has 0 radical (unpaired) electrons. The van der Waals surface area contributed by atoms with Crippen molar-refractivity contribution in [3.63, 3.8) is 0 Å². The van der Waals surface area contributed by atoms with E-state index in [4.69, 9.17) is 11.6 Å². The quantitative estimate of drug-likeness (QED) is 0.823. The number of hydrogen-bond donors (Lipinski definition) is 1. The molecule has 1 aliphatic rings. The van der Waals surface area contributed by atoms with Crippen LogP contribution in [0.1, 0.15) is 27.2 Å². The molecule has 0 saturated carbocycles. The van der Waals surface area contributed by atoms with Gasteiger partial charge in [-0.25, -0.2) is 12.7 Å². The van der Waals surface area contributed by atoms with Crippen LogP contribution in [0.25, 0.3) is 0 Å². The van der Waals surface area contributed by atoms with Crippen molar-refractivity contribution in [3.8, 4) is 0 Å². The standard InChI is InChI=1S/C18H28ClN3O3S/c1-12-8-13(2)11-22(10-12)14(3)18(23)20-15-6-7-16(19)17(9-15)26(24,25)21(4)5/h6-7,9,12-14H,8,10-11H2,1-5H3,(H,20,23)/t12-,13+,14-/m0/s1. The second-order valence-electron chi connectivity index (χ2n) is 7.50. The number of benzene rings is 1. The molecule has 6 nitrogen and oxygen atoms in total. The van der Waals surface area contributed by atoms with Gasteiger partial charge in [0.25, 0.3) is 0 Å². The van der Waals surface area contributed by atoms with Gasteiger partial charge in [-0.15, -0.1) is 0 Å². The number of nitrogens with one attached hydrogen (secondary N) is 1. The summed E-state index contributed by atoms with van der Waals surface area (Å²) in [7, 11) is -0.797. The fourth-order valence-corrected chi connectivity index (χ4v) is 4.81. The maximum Gasteiger partial charge on any atom is 0.244 e. The minimum atomic E-state index is -3.68. The second-order valence-corrected chi connectivity index (χ2v) is 10.0. The summed E-state index contributed by atoms with van der Waals surface area (Å²) in [5.74, 6) is 0.963. The Balaban J connectivity index is 2.16. The molecule has 1 saturated heterocycles. The summed E-state index contributed by atoms with van der Waals surface area (Å²) in [5, 5.41) is 2.95. The second kappa shape index (κ2) is 8.25. The highest BCUT2D eigenvalue weighted by Gasteiger charge is 2.29. The summed E-state index contributed by atoms with van der Waals surface area (Å²) in [4.78, 5) is 14.8. The maximum atomic E-state index is 12.7. The zero-order valence-corrected chi connectivity index (χ0v) is 17.6. The highest BCUT2D eigenvalue weighted by atomic mass is 35.5. The molecule has 1 aromatic carbocycles. The Morgan fingerprint density at radius 1 is 1.27 bits per heavy atom. The van der Waals surface area contributed by atoms with Crippen LogP contribution in [0.5, 0.6) is 0 Å². The van der Waals surface area contributed by atoms with E-state index in [-0.39, 0.29) is 21.9 Å². The number of nitrogens with zero attached hydrogens (tertiary/aromatic N) is 2. The largest absolute Gasteiger partial charge is 0.325 e. The molecule has 3 atom stereocenters. The van der Waals surface area contributed by atoms with Crippen molar-refractivity contribution < 1.29 is 13.2 Å². The van der Waals surface area contributed by atoms with Gasteiger partial charge in [0.1, 0.15) is 4.90 Å². The van der Waals surface area contributed by atoms with E-state index < -0.39 is 10.0 Å². The number of halogens is 1. The van der Waals surface area contributed by atoms with Gasteiger partial charge in [-0.1, -0.05) is 25.4 Å². The summed E-state index contributed by atoms with van der Waals surface area (Å²) in [6.07, 6.45) is 1.17. The molecule has 1 heterocycles. The van der Waals surface area contributed by atoms with E-state index in [1.54, 1.807) is 6.07 Å². The smallest absolute Gasteiger partial charge is 0.244 e. The van der Waals surface area contributed by atoms with Crippen molar-refractivity contribution in [1.29, 1.82) is 0 Å². The molecule has 146 valence electrons. The van der Waals surface area contributed by atoms with E-state index in [2.05, 4.69) is 24.1 Å². The molecule has 2 rings (SSSR count). The van der Waals surface area contributed by atoms with E-state index in [1.807, 2.05) is 6.92 Å². The van der Waals surface area contributed by atoms with Gasteiger partial charge < -0.3 is 5.32 Å². The van der Waals surface area contributed by atoms with Gasteiger partial charge in [0.05, 0.1) is 11.1 Å². The van der Waals surface area contributed by atoms with Gasteiger partial charge in [-0.3, -0.25) is 9.69 Å². The normalized spacial score (nSPS) is 23.0. The number of piperidine rings is 1. The Morgan fingerprint density at radius 2 is 1.85 bits per heavy atom. The fraction of sp³-hybridized carbons (Fsp3) is 0.611. The summed E-state index contributed by atoms with van der Waals surface area (Å²) < 4.78 is 25.8. The minimum Gasteiger partial charge on any atom is -0.325 e. The van der Waals surface area contributed by atoms with E-state index in [0.717, 1.165) is 17.4 Å². The predicted molar refractivity (Wildman–Crippen MR) is 105 cm³/mol. The van der Waals surface area contributed by atoms with Crippen LogP contribution in [-0.2, 0) is 14.8 Å². The van der Waals surface area contributed by atoms with Crippen LogP contribution < -0.4 is 5.32 Å². The molecule has 1 aliphatic heterocycles. The van der Waals surface area contributed by atoms with Crippen LogP contribution >= 0.6 is 11.6 Å². The molecular weight excluding hydrogens is 374 g/mol. The average Bonchev–Trinajstić information content (AvgIpc) is 2.54. The van der Waals surface area contributed by atoms with Crippen LogP contribution in [0.4, 0.5) is 5.69 Å². The van der Waals surface area contributed by atoms with Crippen LogP contribution in [0.3, 0.4) is 0 Å². The summed E-state index contributed by atoms with van der Waals surface area (Å²) in [5.41, 5.74) is 0.421. The van der Waals surface area contributed by atoms with E-state index in [9.17, 15) is 13.2 Å². The van der Waals surface area contributed by atoms with Crippen molar-refractivity contribution in [2.45, 2.75) is 38.1 Å². The van der Waals surface area contributed by atoms with Gasteiger partial charge >= 0.3 is 0 Å². The zero-order valence-electron chi connectivity index (χ0n) is 16.0. The van der Waals surface area contributed by atoms with Crippen molar-refractivity contribution >= 4 is 33.2 Å². The molecule has 0 bridgehead atoms. The van der Waals surface area contributed by atoms with Gasteiger partial charge in [0, 0.05) is 32.9 Å². The molecule has 8 heteroatoms. The highest BCUT2D eigenvalue weighted by molar-refractivity contribution is 7.89. The SMILES string of the molecule is C[C@@H]1C[C@H](C)CN([C@@H](C)C(=O)Nc2ccc(Cl)c(S(=O)(=O)N(C)C)c2)C1. The third-order valence-corrected chi connectivity index (χ3v) is 7.08. The fourth-order valence-electron chi connectivity index (χ4n) is 3.42. The predicted octanol–water partition coefficient (Wildman–Crippen LogP) is 2.90. The van der Waals surface area contributed by atoms with Crippen molar-refractivity contribution in [2.24, 2.45) is 11.8 Å². The van der Waals surface area contributed by atoms with Crippen LogP contribution in [0.2, 0.25) is 5.02 Å². The third kappa shape index (κ3) is 4.76. The summed E-state index contributed by atoms with van der Waals surface area (Å²) >= 11 is 6.05. The minimum absolute atomic E-state index is 0.0187. The lowest BCUT2D eigenvalue weighted by atomic mass is 9.91.